The molecule has 14 heteroatoms. The molecule has 2 N–H and O–H groups in total. The summed E-state index contributed by atoms with van der Waals surface area (Å²) in [6.07, 6.45) is 1.56. The zero-order valence-corrected chi connectivity index (χ0v) is 25.1. The van der Waals surface area contributed by atoms with Crippen LogP contribution in [0.25, 0.3) is 0 Å². The van der Waals surface area contributed by atoms with E-state index in [9.17, 15) is 18.8 Å². The van der Waals surface area contributed by atoms with Gasteiger partial charge in [0, 0.05) is 61.2 Å². The predicted octanol–water partition coefficient (Wildman–Crippen LogP) is 3.71. The van der Waals surface area contributed by atoms with Gasteiger partial charge in [-0.15, -0.1) is 11.3 Å². The topological polar surface area (TPSA) is 128 Å². The van der Waals surface area contributed by atoms with Crippen molar-refractivity contribution in [2.45, 2.75) is 18.5 Å². The number of halogens is 2. The fourth-order valence-electron chi connectivity index (χ4n) is 5.80. The minimum absolute atomic E-state index is 0.0867. The first kappa shape index (κ1) is 29.7. The summed E-state index contributed by atoms with van der Waals surface area (Å²) in [6, 6.07) is 10.2. The number of carbonyl (C=O) groups excluding carboxylic acids is 2. The molecule has 3 aliphatic rings. The van der Waals surface area contributed by atoms with Crippen molar-refractivity contribution in [3.8, 4) is 0 Å². The second-order valence-corrected chi connectivity index (χ2v) is 11.9. The van der Waals surface area contributed by atoms with Gasteiger partial charge in [-0.25, -0.2) is 19.0 Å². The lowest BCUT2D eigenvalue weighted by Crippen LogP contribution is -2.53. The number of ether oxygens (including phenoxy) is 1. The molecular weight excluding hydrogens is 611 g/mol. The number of urea groups is 1. The normalized spacial score (nSPS) is 20.3. The molecule has 4 heterocycles. The number of amides is 2. The predicted molar refractivity (Wildman–Crippen MR) is 162 cm³/mol. The first-order chi connectivity index (χ1) is 21.2. The van der Waals surface area contributed by atoms with Gasteiger partial charge in [-0.05, 0) is 23.8 Å². The van der Waals surface area contributed by atoms with Crippen molar-refractivity contribution in [2.24, 2.45) is 4.99 Å². The van der Waals surface area contributed by atoms with Crippen LogP contribution in [0.3, 0.4) is 0 Å². The quantitative estimate of drug-likeness (QED) is 0.358. The van der Waals surface area contributed by atoms with E-state index in [0.29, 0.717) is 66.1 Å². The van der Waals surface area contributed by atoms with Crippen molar-refractivity contribution in [2.75, 3.05) is 44.7 Å². The van der Waals surface area contributed by atoms with E-state index in [1.165, 1.54) is 30.6 Å². The van der Waals surface area contributed by atoms with Gasteiger partial charge in [0.1, 0.15) is 11.9 Å². The molecule has 0 spiro atoms. The standard InChI is InChI=1S/C30H28ClFN6O5S/c1-43-29(41)24-22(34-27(28-33-9-12-44-28)35-26(24)20-3-2-4-21(32)25(20)31)16-36-10-11-37-19(14-36)15-38(30(37)42)18-7-5-17(6-8-18)13-23(39)40/h2-9,12,19,26H,10-11,13-16H2,1H3,(H,34,35)(H,39,40)/t19-,26-/m0/s1. The third-order valence-electron chi connectivity index (χ3n) is 7.86. The molecule has 2 atom stereocenters. The Hall–Kier alpha value is -4.33. The number of aromatic nitrogens is 1. The Balaban J connectivity index is 1.27. The lowest BCUT2D eigenvalue weighted by Gasteiger charge is -2.38. The molecule has 0 saturated carbocycles. The van der Waals surface area contributed by atoms with Crippen LogP contribution in [0.1, 0.15) is 22.2 Å². The number of piperazine rings is 1. The maximum absolute atomic E-state index is 14.6. The smallest absolute Gasteiger partial charge is 0.338 e. The Kier molecular flexibility index (Phi) is 8.34. The van der Waals surface area contributed by atoms with Crippen molar-refractivity contribution >= 4 is 52.4 Å². The molecule has 2 aromatic carbocycles. The first-order valence-corrected chi connectivity index (χ1v) is 15.1. The molecular formula is C30H28ClFN6O5S. The van der Waals surface area contributed by atoms with Crippen LogP contribution in [-0.4, -0.2) is 89.6 Å². The summed E-state index contributed by atoms with van der Waals surface area (Å²) < 4.78 is 19.7. The number of hydrogen-bond acceptors (Lipinski definition) is 9. The largest absolute Gasteiger partial charge is 0.481 e. The number of nitrogens with one attached hydrogen (secondary N) is 1. The van der Waals surface area contributed by atoms with Crippen LogP contribution in [0.5, 0.6) is 0 Å². The third-order valence-corrected chi connectivity index (χ3v) is 9.04. The highest BCUT2D eigenvalue weighted by molar-refractivity contribution is 7.11. The fraction of sp³-hybridized carbons (Fsp3) is 0.300. The number of nitrogens with zero attached hydrogens (tertiary/aromatic N) is 5. The van der Waals surface area contributed by atoms with Gasteiger partial charge in [-0.2, -0.15) is 0 Å². The number of anilines is 1. The number of carbonyl (C=O) groups is 3. The average Bonchev–Trinajstić information content (AvgIpc) is 3.66. The Labute approximate surface area is 261 Å². The fourth-order valence-corrected chi connectivity index (χ4v) is 6.62. The van der Waals surface area contributed by atoms with E-state index >= 15 is 0 Å². The summed E-state index contributed by atoms with van der Waals surface area (Å²) in [5.41, 5.74) is 2.44. The second kappa shape index (κ2) is 12.3. The van der Waals surface area contributed by atoms with Crippen LogP contribution in [0, 0.1) is 5.82 Å². The highest BCUT2D eigenvalue weighted by atomic mass is 35.5. The highest BCUT2D eigenvalue weighted by Gasteiger charge is 2.42. The zero-order valence-electron chi connectivity index (χ0n) is 23.6. The average molecular weight is 639 g/mol. The van der Waals surface area contributed by atoms with Crippen LogP contribution >= 0.6 is 22.9 Å². The number of hydrogen-bond donors (Lipinski definition) is 2. The van der Waals surface area contributed by atoms with E-state index in [2.05, 4.69) is 15.2 Å². The van der Waals surface area contributed by atoms with Crippen LogP contribution in [0.15, 0.2) is 70.3 Å². The number of fused-ring (bicyclic) bond motifs is 1. The number of rotatable bonds is 8. The molecule has 2 fully saturated rings. The summed E-state index contributed by atoms with van der Waals surface area (Å²) in [7, 11) is 1.28. The first-order valence-electron chi connectivity index (χ1n) is 13.8. The van der Waals surface area contributed by atoms with Gasteiger partial charge in [-0.1, -0.05) is 35.9 Å². The Morgan fingerprint density at radius 1 is 1.18 bits per heavy atom. The maximum atomic E-state index is 14.6. The molecule has 0 bridgehead atoms. The van der Waals surface area contributed by atoms with Crippen molar-refractivity contribution in [1.29, 1.82) is 0 Å². The number of carboxylic acids is 1. The molecule has 3 aliphatic heterocycles. The monoisotopic (exact) mass is 638 g/mol. The summed E-state index contributed by atoms with van der Waals surface area (Å²) in [4.78, 5) is 52.4. The van der Waals surface area contributed by atoms with Crippen molar-refractivity contribution in [3.63, 3.8) is 0 Å². The summed E-state index contributed by atoms with van der Waals surface area (Å²) in [5, 5.41) is 14.6. The van der Waals surface area contributed by atoms with Gasteiger partial charge in [-0.3, -0.25) is 19.6 Å². The van der Waals surface area contributed by atoms with E-state index in [1.807, 2.05) is 10.3 Å². The Morgan fingerprint density at radius 2 is 1.98 bits per heavy atom. The molecule has 2 amide bonds. The van der Waals surface area contributed by atoms with E-state index < -0.39 is 23.8 Å². The molecule has 0 unspecified atom stereocenters. The molecule has 0 aliphatic carbocycles. The molecule has 0 radical (unpaired) electrons. The number of amidine groups is 1. The SMILES string of the molecule is COC(=O)C1=C(CN2CCN3C(=O)N(c4ccc(CC(=O)O)cc4)C[C@@H]3C2)NC(c2nccs2)=N[C@H]1c1cccc(F)c1Cl. The third kappa shape index (κ3) is 5.77. The van der Waals surface area contributed by atoms with E-state index in [0.717, 1.165) is 0 Å². The molecule has 6 rings (SSSR count). The maximum Gasteiger partial charge on any atom is 0.338 e. The molecule has 2 saturated heterocycles. The zero-order chi connectivity index (χ0) is 31.0. The van der Waals surface area contributed by atoms with E-state index in [4.69, 9.17) is 26.4 Å². The van der Waals surface area contributed by atoms with Gasteiger partial charge < -0.3 is 20.1 Å². The van der Waals surface area contributed by atoms with Crippen LogP contribution in [0.4, 0.5) is 14.9 Å². The number of benzene rings is 2. The molecule has 228 valence electrons. The number of methoxy groups -OCH3 is 1. The summed E-state index contributed by atoms with van der Waals surface area (Å²) in [6.45, 7) is 2.32. The van der Waals surface area contributed by atoms with E-state index in [1.54, 1.807) is 41.4 Å². The van der Waals surface area contributed by atoms with Crippen LogP contribution in [0.2, 0.25) is 5.02 Å². The number of aliphatic imine (C=N–C) groups is 1. The Morgan fingerprint density at radius 3 is 2.68 bits per heavy atom. The number of thiazole rings is 1. The second-order valence-electron chi connectivity index (χ2n) is 10.6. The molecule has 1 aromatic heterocycles. The van der Waals surface area contributed by atoms with Gasteiger partial charge >= 0.3 is 18.0 Å². The van der Waals surface area contributed by atoms with Crippen LogP contribution in [-0.2, 0) is 20.7 Å². The minimum Gasteiger partial charge on any atom is -0.481 e. The van der Waals surface area contributed by atoms with Gasteiger partial charge in [0.15, 0.2) is 10.8 Å². The number of carboxylic acid groups (broad SMARTS) is 1. The van der Waals surface area contributed by atoms with Crippen molar-refractivity contribution in [1.82, 2.24) is 20.1 Å². The lowest BCUT2D eigenvalue weighted by atomic mass is 9.95. The highest BCUT2D eigenvalue weighted by Crippen LogP contribution is 2.38. The summed E-state index contributed by atoms with van der Waals surface area (Å²) >= 11 is 7.76. The molecule has 11 nitrogen and oxygen atoms in total. The van der Waals surface area contributed by atoms with Gasteiger partial charge in [0.25, 0.3) is 0 Å². The van der Waals surface area contributed by atoms with Crippen molar-refractivity contribution < 1.29 is 28.6 Å². The molecule has 3 aromatic rings. The van der Waals surface area contributed by atoms with Crippen molar-refractivity contribution in [3.05, 3.63) is 92.3 Å². The lowest BCUT2D eigenvalue weighted by molar-refractivity contribution is -0.137. The molecule has 44 heavy (non-hydrogen) atoms. The van der Waals surface area contributed by atoms with Gasteiger partial charge in [0.2, 0.25) is 0 Å². The van der Waals surface area contributed by atoms with Crippen LogP contribution < -0.4 is 10.2 Å². The summed E-state index contributed by atoms with van der Waals surface area (Å²) in [5.74, 6) is -1.73. The Bertz CT molecular complexity index is 1660. The number of esters is 1. The number of aliphatic carboxylic acids is 1. The van der Waals surface area contributed by atoms with E-state index in [-0.39, 0.29) is 29.1 Å². The minimum atomic E-state index is -0.935. The van der Waals surface area contributed by atoms with Gasteiger partial charge in [0.05, 0.1) is 30.2 Å².